The van der Waals surface area contributed by atoms with Crippen molar-refractivity contribution in [1.29, 1.82) is 0 Å². The van der Waals surface area contributed by atoms with E-state index < -0.39 is 0 Å². The first-order chi connectivity index (χ1) is 10.5. The molecule has 0 radical (unpaired) electrons. The molecule has 2 fully saturated rings. The number of ketones is 1. The molecule has 0 bridgehead atoms. The lowest BCUT2D eigenvalue weighted by Gasteiger charge is -2.24. The highest BCUT2D eigenvalue weighted by atomic mass is 16.5. The average Bonchev–Trinajstić information content (AvgIpc) is 2.97. The first-order valence-corrected chi connectivity index (χ1v) is 8.79. The summed E-state index contributed by atoms with van der Waals surface area (Å²) in [5, 5.41) is 9.65. The number of unbranched alkanes of at least 4 members (excludes halogenated alkanes) is 2. The fourth-order valence-electron chi connectivity index (χ4n) is 4.86. The second-order valence-corrected chi connectivity index (χ2v) is 7.21. The quantitative estimate of drug-likeness (QED) is 0.580. The second-order valence-electron chi connectivity index (χ2n) is 7.21. The third kappa shape index (κ3) is 3.37. The van der Waals surface area contributed by atoms with Gasteiger partial charge in [-0.25, -0.2) is 0 Å². The SMILES string of the molecule is CCCCC[C@@H]1C(=O)[C@@H]2[C@@H](CO)C[C@@H](COC(C)=O)[C@@H]2[C@H]1C. The third-order valence-corrected chi connectivity index (χ3v) is 5.86. The van der Waals surface area contributed by atoms with Gasteiger partial charge in [-0.1, -0.05) is 33.1 Å². The first-order valence-electron chi connectivity index (χ1n) is 8.79. The van der Waals surface area contributed by atoms with Gasteiger partial charge in [0.2, 0.25) is 0 Å². The van der Waals surface area contributed by atoms with Crippen LogP contribution in [0.25, 0.3) is 0 Å². The van der Waals surface area contributed by atoms with Crippen molar-refractivity contribution in [3.8, 4) is 0 Å². The summed E-state index contributed by atoms with van der Waals surface area (Å²) in [4.78, 5) is 23.9. The molecule has 0 aromatic heterocycles. The molecular formula is C18H30O4. The second kappa shape index (κ2) is 7.58. The predicted octanol–water partition coefficient (Wildman–Crippen LogP) is 2.83. The molecule has 126 valence electrons. The van der Waals surface area contributed by atoms with E-state index in [4.69, 9.17) is 4.74 Å². The van der Waals surface area contributed by atoms with Gasteiger partial charge in [0.05, 0.1) is 6.61 Å². The molecule has 4 nitrogen and oxygen atoms in total. The van der Waals surface area contributed by atoms with Gasteiger partial charge >= 0.3 is 5.97 Å². The van der Waals surface area contributed by atoms with E-state index in [1.807, 2.05) is 0 Å². The van der Waals surface area contributed by atoms with Gasteiger partial charge < -0.3 is 9.84 Å². The number of esters is 1. The lowest BCUT2D eigenvalue weighted by atomic mass is 9.82. The Morgan fingerprint density at radius 3 is 2.64 bits per heavy atom. The van der Waals surface area contributed by atoms with Crippen LogP contribution in [0.4, 0.5) is 0 Å². The Balaban J connectivity index is 2.08. The summed E-state index contributed by atoms with van der Waals surface area (Å²) in [7, 11) is 0. The number of fused-ring (bicyclic) bond motifs is 1. The molecule has 0 aromatic carbocycles. The topological polar surface area (TPSA) is 63.6 Å². The Labute approximate surface area is 133 Å². The fraction of sp³-hybridized carbons (Fsp3) is 0.889. The Morgan fingerprint density at radius 2 is 2.05 bits per heavy atom. The molecule has 0 spiro atoms. The van der Waals surface area contributed by atoms with E-state index in [9.17, 15) is 14.7 Å². The average molecular weight is 310 g/mol. The molecular weight excluding hydrogens is 280 g/mol. The van der Waals surface area contributed by atoms with Crippen molar-refractivity contribution in [1.82, 2.24) is 0 Å². The van der Waals surface area contributed by atoms with E-state index in [0.717, 1.165) is 25.7 Å². The number of ether oxygens (including phenoxy) is 1. The van der Waals surface area contributed by atoms with Crippen LogP contribution < -0.4 is 0 Å². The van der Waals surface area contributed by atoms with E-state index in [1.54, 1.807) is 0 Å². The summed E-state index contributed by atoms with van der Waals surface area (Å²) >= 11 is 0. The maximum Gasteiger partial charge on any atom is 0.302 e. The van der Waals surface area contributed by atoms with Crippen LogP contribution in [-0.4, -0.2) is 30.1 Å². The molecule has 0 aliphatic heterocycles. The van der Waals surface area contributed by atoms with Crippen molar-refractivity contribution in [3.63, 3.8) is 0 Å². The minimum atomic E-state index is -0.263. The van der Waals surface area contributed by atoms with Gasteiger partial charge in [0.15, 0.2) is 0 Å². The Bertz CT molecular complexity index is 406. The highest BCUT2D eigenvalue weighted by Crippen LogP contribution is 2.54. The standard InChI is InChI=1S/C18H30O4/c1-4-5-6-7-15-11(2)16-14(10-22-12(3)20)8-13(9-19)17(16)18(15)21/h11,13-17,19H,4-10H2,1-3H3/t11-,13+,14-,15-,16-,17+/m0/s1. The summed E-state index contributed by atoms with van der Waals surface area (Å²) < 4.78 is 5.21. The van der Waals surface area contributed by atoms with Crippen molar-refractivity contribution >= 4 is 11.8 Å². The maximum absolute atomic E-state index is 12.8. The molecule has 2 saturated carbocycles. The molecule has 1 N–H and O–H groups in total. The van der Waals surface area contributed by atoms with Crippen molar-refractivity contribution in [2.45, 2.75) is 52.9 Å². The number of aliphatic hydroxyl groups is 1. The number of aliphatic hydroxyl groups excluding tert-OH is 1. The number of hydrogen-bond acceptors (Lipinski definition) is 4. The van der Waals surface area contributed by atoms with E-state index in [1.165, 1.54) is 13.3 Å². The smallest absolute Gasteiger partial charge is 0.302 e. The summed E-state index contributed by atoms with van der Waals surface area (Å²) in [6.45, 7) is 6.24. The zero-order valence-electron chi connectivity index (χ0n) is 14.1. The molecule has 0 heterocycles. The molecule has 2 aliphatic rings. The fourth-order valence-corrected chi connectivity index (χ4v) is 4.86. The van der Waals surface area contributed by atoms with Gasteiger partial charge in [0, 0.05) is 25.4 Å². The van der Waals surface area contributed by atoms with Crippen LogP contribution in [0.1, 0.15) is 52.9 Å². The van der Waals surface area contributed by atoms with Gasteiger partial charge in [-0.2, -0.15) is 0 Å². The van der Waals surface area contributed by atoms with Gasteiger partial charge in [0.25, 0.3) is 0 Å². The predicted molar refractivity (Wildman–Crippen MR) is 84.1 cm³/mol. The van der Waals surface area contributed by atoms with Gasteiger partial charge in [-0.05, 0) is 36.5 Å². The van der Waals surface area contributed by atoms with Gasteiger partial charge in [-0.15, -0.1) is 0 Å². The molecule has 0 unspecified atom stereocenters. The molecule has 6 atom stereocenters. The number of carbonyl (C=O) groups excluding carboxylic acids is 2. The lowest BCUT2D eigenvalue weighted by Crippen LogP contribution is -2.23. The molecule has 4 heteroatoms. The van der Waals surface area contributed by atoms with Crippen LogP contribution in [0.15, 0.2) is 0 Å². The molecule has 0 amide bonds. The van der Waals surface area contributed by atoms with Crippen molar-refractivity contribution < 1.29 is 19.4 Å². The van der Waals surface area contributed by atoms with Gasteiger partial charge in [-0.3, -0.25) is 9.59 Å². The summed E-state index contributed by atoms with van der Waals surface area (Å²) in [5.41, 5.74) is 0. The first kappa shape index (κ1) is 17.5. The normalized spacial score (nSPS) is 37.4. The van der Waals surface area contributed by atoms with Crippen LogP contribution in [0.5, 0.6) is 0 Å². The van der Waals surface area contributed by atoms with Crippen LogP contribution in [0.2, 0.25) is 0 Å². The number of rotatable bonds is 7. The summed E-state index contributed by atoms with van der Waals surface area (Å²) in [6, 6.07) is 0. The largest absolute Gasteiger partial charge is 0.466 e. The zero-order valence-corrected chi connectivity index (χ0v) is 14.1. The Kier molecular flexibility index (Phi) is 6.01. The van der Waals surface area contributed by atoms with Gasteiger partial charge in [0.1, 0.15) is 5.78 Å². The number of Topliss-reactive ketones (excluding diaryl/α,β-unsaturated/α-hetero) is 1. The highest BCUT2D eigenvalue weighted by Gasteiger charge is 2.57. The Morgan fingerprint density at radius 1 is 1.32 bits per heavy atom. The molecule has 0 aromatic rings. The zero-order chi connectivity index (χ0) is 16.3. The number of hydrogen-bond donors (Lipinski definition) is 1. The van der Waals surface area contributed by atoms with Crippen LogP contribution in [0.3, 0.4) is 0 Å². The van der Waals surface area contributed by atoms with Crippen LogP contribution >= 0.6 is 0 Å². The van der Waals surface area contributed by atoms with E-state index in [-0.39, 0.29) is 42.2 Å². The van der Waals surface area contributed by atoms with Crippen molar-refractivity contribution in [3.05, 3.63) is 0 Å². The maximum atomic E-state index is 12.8. The molecule has 0 saturated heterocycles. The molecule has 2 rings (SSSR count). The summed E-state index contributed by atoms with van der Waals surface area (Å²) in [5.74, 6) is 1.10. The minimum absolute atomic E-state index is 0.0211. The monoisotopic (exact) mass is 310 g/mol. The number of carbonyl (C=O) groups is 2. The third-order valence-electron chi connectivity index (χ3n) is 5.86. The van der Waals surface area contributed by atoms with Crippen molar-refractivity contribution in [2.75, 3.05) is 13.2 Å². The lowest BCUT2D eigenvalue weighted by molar-refractivity contribution is -0.142. The van der Waals surface area contributed by atoms with Crippen LogP contribution in [-0.2, 0) is 14.3 Å². The van der Waals surface area contributed by atoms with Crippen LogP contribution in [0, 0.1) is 35.5 Å². The van der Waals surface area contributed by atoms with Crippen molar-refractivity contribution in [2.24, 2.45) is 35.5 Å². The summed E-state index contributed by atoms with van der Waals surface area (Å²) in [6.07, 6.45) is 5.22. The van der Waals surface area contributed by atoms with E-state index >= 15 is 0 Å². The Hall–Kier alpha value is -0.900. The minimum Gasteiger partial charge on any atom is -0.466 e. The van der Waals surface area contributed by atoms with E-state index in [0.29, 0.717) is 18.3 Å². The van der Waals surface area contributed by atoms with E-state index in [2.05, 4.69) is 13.8 Å². The molecule has 2 aliphatic carbocycles. The highest BCUT2D eigenvalue weighted by molar-refractivity contribution is 5.87. The molecule has 22 heavy (non-hydrogen) atoms.